The van der Waals surface area contributed by atoms with Gasteiger partial charge in [-0.15, -0.1) is 0 Å². The summed E-state index contributed by atoms with van der Waals surface area (Å²) in [4.78, 5) is 20.5. The van der Waals surface area contributed by atoms with E-state index < -0.39 is 23.5 Å². The molecule has 0 amide bonds. The molecule has 7 rings (SSSR count). The summed E-state index contributed by atoms with van der Waals surface area (Å²) < 4.78 is 41.8. The Morgan fingerprint density at radius 3 is 2.61 bits per heavy atom. The number of methoxy groups -OCH3 is 1. The highest BCUT2D eigenvalue weighted by Crippen LogP contribution is 2.42. The monoisotopic (exact) mass is 690 g/mol. The van der Waals surface area contributed by atoms with E-state index in [1.807, 2.05) is 52.8 Å². The normalized spacial score (nSPS) is 21.2. The summed E-state index contributed by atoms with van der Waals surface area (Å²) >= 11 is 6.72. The van der Waals surface area contributed by atoms with Gasteiger partial charge in [-0.25, -0.2) is 14.2 Å². The lowest BCUT2D eigenvalue weighted by atomic mass is 9.92. The molecule has 3 aliphatic rings. The van der Waals surface area contributed by atoms with Crippen LogP contribution in [-0.4, -0.2) is 64.7 Å². The van der Waals surface area contributed by atoms with Crippen molar-refractivity contribution in [1.29, 1.82) is 0 Å². The lowest BCUT2D eigenvalue weighted by Gasteiger charge is -2.41. The first-order chi connectivity index (χ1) is 23.3. The summed E-state index contributed by atoms with van der Waals surface area (Å²) in [6, 6.07) is 12.0. The molecule has 0 spiro atoms. The molecule has 2 aromatic heterocycles. The molecule has 6 bridgehead atoms. The third kappa shape index (κ3) is 7.32. The van der Waals surface area contributed by atoms with Gasteiger partial charge in [-0.2, -0.15) is 9.61 Å². The van der Waals surface area contributed by atoms with E-state index in [4.69, 9.17) is 40.6 Å². The average molecular weight is 691 g/mol. The van der Waals surface area contributed by atoms with Gasteiger partial charge in [0.15, 0.2) is 11.8 Å². The first kappa shape index (κ1) is 34.9. The van der Waals surface area contributed by atoms with E-state index in [2.05, 4.69) is 11.8 Å². The number of ether oxygens (including phenoxy) is 4. The Hall–Kier alpha value is -3.99. The summed E-state index contributed by atoms with van der Waals surface area (Å²) in [5.41, 5.74) is 2.78. The average Bonchev–Trinajstić information content (AvgIpc) is 3.46. The fraction of sp³-hybridized carbons (Fsp3) is 0.447. The fourth-order valence-electron chi connectivity index (χ4n) is 6.50. The quantitative estimate of drug-likeness (QED) is 0.157. The first-order valence-corrected chi connectivity index (χ1v) is 17.1. The molecule has 2 atom stereocenters. The second-order valence-corrected chi connectivity index (χ2v) is 14.5. The molecule has 2 aromatic carbocycles. The topological polar surface area (TPSA) is 87.4 Å². The van der Waals surface area contributed by atoms with Crippen LogP contribution in [-0.2, 0) is 19.0 Å². The van der Waals surface area contributed by atoms with Gasteiger partial charge in [0.1, 0.15) is 17.4 Å². The van der Waals surface area contributed by atoms with Gasteiger partial charge in [0.2, 0.25) is 0 Å². The highest BCUT2D eigenvalue weighted by molar-refractivity contribution is 6.33. The summed E-state index contributed by atoms with van der Waals surface area (Å²) in [5, 5.41) is 5.43. The number of anilines is 1. The van der Waals surface area contributed by atoms with Gasteiger partial charge in [0, 0.05) is 48.0 Å². The Morgan fingerprint density at radius 1 is 1.14 bits per heavy atom. The van der Waals surface area contributed by atoms with Crippen molar-refractivity contribution in [1.82, 2.24) is 14.6 Å². The van der Waals surface area contributed by atoms with Gasteiger partial charge < -0.3 is 23.8 Å². The number of carbonyl (C=O) groups excluding carboxylic acids is 1. The minimum Gasteiger partial charge on any atom is -0.490 e. The van der Waals surface area contributed by atoms with Gasteiger partial charge in [-0.05, 0) is 84.7 Å². The number of esters is 1. The molecule has 1 fully saturated rings. The maximum atomic E-state index is 15.7. The minimum absolute atomic E-state index is 0.194. The van der Waals surface area contributed by atoms with Crippen molar-refractivity contribution in [3.05, 3.63) is 76.7 Å². The van der Waals surface area contributed by atoms with Gasteiger partial charge in [0.05, 0.1) is 47.3 Å². The zero-order chi connectivity index (χ0) is 35.1. The number of piperidine rings is 1. The molecule has 9 nitrogen and oxygen atoms in total. The largest absolute Gasteiger partial charge is 0.490 e. The second-order valence-electron chi connectivity index (χ2n) is 14.1. The predicted molar refractivity (Wildman–Crippen MR) is 189 cm³/mol. The number of benzene rings is 2. The Labute approximate surface area is 292 Å². The maximum absolute atomic E-state index is 15.7. The summed E-state index contributed by atoms with van der Waals surface area (Å²) in [5.74, 6) is 0.217. The third-order valence-electron chi connectivity index (χ3n) is 9.07. The lowest BCUT2D eigenvalue weighted by Crippen LogP contribution is -2.45. The predicted octanol–water partition coefficient (Wildman–Crippen LogP) is 8.30. The standard InChI is InChI=1S/C38H44ClFN4O5/c1-23-11-8-9-20-47-38(6)16-18-43(19-17-38)35-32(34(36(45)46-7)49-37(3,4)5)24(2)41-31-22-29(42-44(31)35)25-14-15-28(40)26(21-25)33-27(39)12-10-13-30(33)48-23/h8-10,12-15,21-23,34H,11,16-20H2,1-7H3/b9-8+/t23-,34-/m0/s1. The van der Waals surface area contributed by atoms with Crippen LogP contribution in [0.4, 0.5) is 10.2 Å². The van der Waals surface area contributed by atoms with Crippen molar-refractivity contribution < 1.29 is 28.1 Å². The van der Waals surface area contributed by atoms with Crippen LogP contribution in [0.3, 0.4) is 0 Å². The van der Waals surface area contributed by atoms with Crippen LogP contribution >= 0.6 is 11.6 Å². The third-order valence-corrected chi connectivity index (χ3v) is 9.39. The molecular formula is C38H44ClFN4O5. The molecule has 49 heavy (non-hydrogen) atoms. The highest BCUT2D eigenvalue weighted by Gasteiger charge is 2.38. The summed E-state index contributed by atoms with van der Waals surface area (Å²) in [6.07, 6.45) is 4.95. The molecule has 0 radical (unpaired) electrons. The van der Waals surface area contributed by atoms with Crippen LogP contribution in [0.5, 0.6) is 5.75 Å². The number of rotatable bonds is 3. The Bertz CT molecular complexity index is 1890. The maximum Gasteiger partial charge on any atom is 0.339 e. The van der Waals surface area contributed by atoms with Gasteiger partial charge in [-0.3, -0.25) is 0 Å². The zero-order valence-corrected chi connectivity index (χ0v) is 29.9. The van der Waals surface area contributed by atoms with E-state index >= 15 is 4.39 Å². The van der Waals surface area contributed by atoms with E-state index in [-0.39, 0.29) is 11.7 Å². The molecule has 5 heterocycles. The fourth-order valence-corrected chi connectivity index (χ4v) is 6.77. The molecular weight excluding hydrogens is 647 g/mol. The smallest absolute Gasteiger partial charge is 0.339 e. The Balaban J connectivity index is 1.58. The Kier molecular flexibility index (Phi) is 9.77. The van der Waals surface area contributed by atoms with Crippen molar-refractivity contribution in [3.8, 4) is 28.1 Å². The molecule has 1 saturated heterocycles. The lowest BCUT2D eigenvalue weighted by molar-refractivity contribution is -0.164. The van der Waals surface area contributed by atoms with Gasteiger partial charge in [0.25, 0.3) is 0 Å². The number of carbonyl (C=O) groups is 1. The highest BCUT2D eigenvalue weighted by atomic mass is 35.5. The minimum atomic E-state index is -1.05. The van der Waals surface area contributed by atoms with Crippen LogP contribution in [0, 0.1) is 12.7 Å². The van der Waals surface area contributed by atoms with Gasteiger partial charge >= 0.3 is 5.97 Å². The number of fused-ring (bicyclic) bond motifs is 7. The van der Waals surface area contributed by atoms with E-state index in [0.29, 0.717) is 82.0 Å². The van der Waals surface area contributed by atoms with Crippen LogP contribution in [0.2, 0.25) is 5.02 Å². The van der Waals surface area contributed by atoms with Crippen molar-refractivity contribution in [2.75, 3.05) is 31.7 Å². The van der Waals surface area contributed by atoms with Crippen molar-refractivity contribution in [2.45, 2.75) is 84.2 Å². The molecule has 0 unspecified atom stereocenters. The molecule has 4 aromatic rings. The number of nitrogens with zero attached hydrogens (tertiary/aromatic N) is 4. The van der Waals surface area contributed by atoms with E-state index in [9.17, 15) is 4.79 Å². The van der Waals surface area contributed by atoms with Crippen molar-refractivity contribution in [2.24, 2.45) is 0 Å². The number of aryl methyl sites for hydroxylation is 1. The van der Waals surface area contributed by atoms with Crippen molar-refractivity contribution in [3.63, 3.8) is 0 Å². The van der Waals surface area contributed by atoms with Crippen molar-refractivity contribution >= 4 is 29.0 Å². The number of halogens is 2. The molecule has 11 heteroatoms. The van der Waals surface area contributed by atoms with Gasteiger partial charge in [-0.1, -0.05) is 29.8 Å². The van der Waals surface area contributed by atoms with Crippen LogP contribution in [0.15, 0.2) is 54.6 Å². The number of hydrogen-bond donors (Lipinski definition) is 0. The first-order valence-electron chi connectivity index (χ1n) is 16.7. The van der Waals surface area contributed by atoms with Crippen LogP contribution < -0.4 is 9.64 Å². The molecule has 260 valence electrons. The summed E-state index contributed by atoms with van der Waals surface area (Å²) in [6.45, 7) is 13.4. The zero-order valence-electron chi connectivity index (χ0n) is 29.2. The Morgan fingerprint density at radius 2 is 1.90 bits per heavy atom. The molecule has 0 aliphatic carbocycles. The molecule has 0 saturated carbocycles. The SMILES string of the molecule is COC(=O)[C@@H](OC(C)(C)C)c1c(C)nc2cc3nn2c1N1CCC(C)(CC1)OC/C=C/C[C@H](C)Oc1cccc(Cl)c1-c1cc-3ccc1F. The van der Waals surface area contributed by atoms with E-state index in [1.165, 1.54) is 13.2 Å². The van der Waals surface area contributed by atoms with Crippen LogP contribution in [0.1, 0.15) is 71.2 Å². The second kappa shape index (κ2) is 13.7. The molecule has 3 aliphatic heterocycles. The summed E-state index contributed by atoms with van der Waals surface area (Å²) in [7, 11) is 1.35. The van der Waals surface area contributed by atoms with Crippen LogP contribution in [0.25, 0.3) is 28.0 Å². The number of aromatic nitrogens is 3. The van der Waals surface area contributed by atoms with E-state index in [1.54, 1.807) is 34.8 Å². The number of hydrogen-bond acceptors (Lipinski definition) is 8. The van der Waals surface area contributed by atoms with E-state index in [0.717, 1.165) is 12.8 Å². The molecule has 0 N–H and O–H groups in total.